The molecule has 0 radical (unpaired) electrons. The second-order valence-corrected chi connectivity index (χ2v) is 6.57. The van der Waals surface area contributed by atoms with E-state index in [0.29, 0.717) is 30.5 Å². The third-order valence-corrected chi connectivity index (χ3v) is 4.16. The Kier molecular flexibility index (Phi) is 9.02. The summed E-state index contributed by atoms with van der Waals surface area (Å²) in [5, 5.41) is 3.10. The third kappa shape index (κ3) is 6.61. The van der Waals surface area contributed by atoms with Gasteiger partial charge in [0.15, 0.2) is 12.6 Å². The van der Waals surface area contributed by atoms with Crippen LogP contribution in [0, 0.1) is 0 Å². The van der Waals surface area contributed by atoms with Crippen LogP contribution in [-0.2, 0) is 6.54 Å². The van der Waals surface area contributed by atoms with Crippen molar-refractivity contribution in [3.63, 3.8) is 0 Å². The van der Waals surface area contributed by atoms with E-state index in [1.807, 2.05) is 31.9 Å². The summed E-state index contributed by atoms with van der Waals surface area (Å²) in [7, 11) is 1.91. The number of alkyl halides is 1. The maximum Gasteiger partial charge on any atom is 0.168 e. The SMILES string of the molecule is C=C(C)/C=C(\CNCC(C)F)C(C)N(C)Cc1c(C=O)ccnc1C=O. The number of nitrogens with one attached hydrogen (secondary N) is 1. The second-order valence-electron chi connectivity index (χ2n) is 6.57. The first-order valence-corrected chi connectivity index (χ1v) is 8.59. The molecular formula is C20H28FN3O2. The molecule has 0 spiro atoms. The van der Waals surface area contributed by atoms with Gasteiger partial charge in [0.2, 0.25) is 0 Å². The summed E-state index contributed by atoms with van der Waals surface area (Å²) in [6, 6.07) is 1.59. The summed E-state index contributed by atoms with van der Waals surface area (Å²) in [5.41, 5.74) is 3.27. The van der Waals surface area contributed by atoms with Gasteiger partial charge < -0.3 is 5.32 Å². The topological polar surface area (TPSA) is 62.3 Å². The molecule has 2 unspecified atom stereocenters. The molecule has 1 heterocycles. The molecule has 0 aliphatic heterocycles. The zero-order valence-electron chi connectivity index (χ0n) is 16.0. The maximum atomic E-state index is 13.0. The normalized spacial score (nSPS) is 14.2. The van der Waals surface area contributed by atoms with Crippen LogP contribution in [0.25, 0.3) is 0 Å². The van der Waals surface area contributed by atoms with Crippen LogP contribution in [-0.4, -0.2) is 54.8 Å². The molecule has 0 fully saturated rings. The summed E-state index contributed by atoms with van der Waals surface area (Å²) in [4.78, 5) is 28.6. The molecule has 6 heteroatoms. The average Bonchev–Trinajstić information content (AvgIpc) is 2.59. The molecule has 0 aliphatic carbocycles. The molecule has 5 nitrogen and oxygen atoms in total. The molecule has 1 rings (SSSR count). The van der Waals surface area contributed by atoms with Crippen molar-refractivity contribution in [2.75, 3.05) is 20.1 Å². The van der Waals surface area contributed by atoms with Gasteiger partial charge in [0, 0.05) is 43.0 Å². The van der Waals surface area contributed by atoms with Gasteiger partial charge in [-0.2, -0.15) is 0 Å². The molecule has 1 aromatic rings. The van der Waals surface area contributed by atoms with E-state index in [1.165, 1.54) is 13.1 Å². The molecule has 2 atom stereocenters. The first kappa shape index (κ1) is 21.9. The number of likely N-dealkylation sites (N-methyl/N-ethyl adjacent to an activating group) is 1. The van der Waals surface area contributed by atoms with Crippen molar-refractivity contribution in [2.45, 2.75) is 39.5 Å². The fraction of sp³-hybridized carbons (Fsp3) is 0.450. The largest absolute Gasteiger partial charge is 0.310 e. The van der Waals surface area contributed by atoms with Crippen LogP contribution in [0.15, 0.2) is 36.1 Å². The number of hydrogen-bond donors (Lipinski definition) is 1. The van der Waals surface area contributed by atoms with E-state index in [9.17, 15) is 14.0 Å². The van der Waals surface area contributed by atoms with Crippen LogP contribution in [0.5, 0.6) is 0 Å². The number of hydrogen-bond acceptors (Lipinski definition) is 5. The average molecular weight is 361 g/mol. The fourth-order valence-corrected chi connectivity index (χ4v) is 2.63. The van der Waals surface area contributed by atoms with Gasteiger partial charge in [0.05, 0.1) is 0 Å². The molecule has 0 amide bonds. The summed E-state index contributed by atoms with van der Waals surface area (Å²) in [5.74, 6) is 0. The van der Waals surface area contributed by atoms with Gasteiger partial charge in [-0.3, -0.25) is 19.5 Å². The van der Waals surface area contributed by atoms with Crippen LogP contribution < -0.4 is 5.32 Å². The molecule has 26 heavy (non-hydrogen) atoms. The van der Waals surface area contributed by atoms with Gasteiger partial charge in [-0.05, 0) is 39.5 Å². The number of allylic oxidation sites excluding steroid dienone is 2. The van der Waals surface area contributed by atoms with E-state index in [2.05, 4.69) is 16.9 Å². The number of aldehydes is 2. The molecule has 1 N–H and O–H groups in total. The number of rotatable bonds is 11. The summed E-state index contributed by atoms with van der Waals surface area (Å²) in [6.45, 7) is 10.5. The zero-order chi connectivity index (χ0) is 19.7. The van der Waals surface area contributed by atoms with Crippen molar-refractivity contribution in [1.82, 2.24) is 15.2 Å². The highest BCUT2D eigenvalue weighted by atomic mass is 19.1. The van der Waals surface area contributed by atoms with Crippen LogP contribution in [0.3, 0.4) is 0 Å². The first-order chi connectivity index (χ1) is 12.3. The minimum Gasteiger partial charge on any atom is -0.310 e. The van der Waals surface area contributed by atoms with Crippen molar-refractivity contribution in [3.05, 3.63) is 52.9 Å². The fourth-order valence-electron chi connectivity index (χ4n) is 2.63. The smallest absolute Gasteiger partial charge is 0.168 e. The van der Waals surface area contributed by atoms with Gasteiger partial charge in [-0.15, -0.1) is 0 Å². The Balaban J connectivity index is 2.99. The van der Waals surface area contributed by atoms with E-state index >= 15 is 0 Å². The number of carbonyl (C=O) groups is 2. The molecule has 0 aliphatic rings. The molecular weight excluding hydrogens is 333 g/mol. The van der Waals surface area contributed by atoms with Crippen molar-refractivity contribution in [2.24, 2.45) is 0 Å². The Morgan fingerprint density at radius 1 is 1.38 bits per heavy atom. The third-order valence-electron chi connectivity index (χ3n) is 4.16. The summed E-state index contributed by atoms with van der Waals surface area (Å²) < 4.78 is 13.0. The minimum atomic E-state index is -0.921. The van der Waals surface area contributed by atoms with Gasteiger partial charge in [0.25, 0.3) is 0 Å². The lowest BCUT2D eigenvalue weighted by Crippen LogP contribution is -2.36. The number of halogens is 1. The predicted octanol–water partition coefficient (Wildman–Crippen LogP) is 2.98. The molecule has 1 aromatic heterocycles. The number of aromatic nitrogens is 1. The molecule has 142 valence electrons. The van der Waals surface area contributed by atoms with Crippen LogP contribution >= 0.6 is 0 Å². The van der Waals surface area contributed by atoms with Crippen LogP contribution in [0.1, 0.15) is 47.2 Å². The molecule has 0 bridgehead atoms. The van der Waals surface area contributed by atoms with Gasteiger partial charge >= 0.3 is 0 Å². The highest BCUT2D eigenvalue weighted by molar-refractivity contribution is 5.83. The first-order valence-electron chi connectivity index (χ1n) is 8.59. The molecule has 0 saturated heterocycles. The number of nitrogens with zero attached hydrogens (tertiary/aromatic N) is 2. The van der Waals surface area contributed by atoms with Crippen molar-refractivity contribution >= 4 is 12.6 Å². The summed E-state index contributed by atoms with van der Waals surface area (Å²) >= 11 is 0. The Morgan fingerprint density at radius 3 is 2.62 bits per heavy atom. The monoisotopic (exact) mass is 361 g/mol. The van der Waals surface area contributed by atoms with E-state index < -0.39 is 6.17 Å². The van der Waals surface area contributed by atoms with Gasteiger partial charge in [-0.1, -0.05) is 18.2 Å². The van der Waals surface area contributed by atoms with Gasteiger partial charge in [-0.25, -0.2) is 4.39 Å². The lowest BCUT2D eigenvalue weighted by Gasteiger charge is -2.28. The van der Waals surface area contributed by atoms with Crippen molar-refractivity contribution in [3.8, 4) is 0 Å². The van der Waals surface area contributed by atoms with E-state index in [-0.39, 0.29) is 18.3 Å². The number of pyridine rings is 1. The van der Waals surface area contributed by atoms with E-state index in [4.69, 9.17) is 0 Å². The zero-order valence-corrected chi connectivity index (χ0v) is 16.0. The van der Waals surface area contributed by atoms with Crippen molar-refractivity contribution < 1.29 is 14.0 Å². The quantitative estimate of drug-likeness (QED) is 0.485. The maximum absolute atomic E-state index is 13.0. The summed E-state index contributed by atoms with van der Waals surface area (Å²) in [6.07, 6.45) is 3.90. The lowest BCUT2D eigenvalue weighted by molar-refractivity contribution is 0.111. The van der Waals surface area contributed by atoms with E-state index in [1.54, 1.807) is 6.07 Å². The Morgan fingerprint density at radius 2 is 2.08 bits per heavy atom. The van der Waals surface area contributed by atoms with Crippen molar-refractivity contribution in [1.29, 1.82) is 0 Å². The predicted molar refractivity (Wildman–Crippen MR) is 102 cm³/mol. The molecule has 0 saturated carbocycles. The lowest BCUT2D eigenvalue weighted by atomic mass is 10.0. The van der Waals surface area contributed by atoms with Crippen LogP contribution in [0.2, 0.25) is 0 Å². The Labute approximate surface area is 155 Å². The highest BCUT2D eigenvalue weighted by Crippen LogP contribution is 2.17. The standard InChI is InChI=1S/C20H28FN3O2/c1-14(2)8-18(10-22-9-15(3)21)16(4)24(5)11-19-17(12-25)6-7-23-20(19)13-26/h6-8,12-13,15-16,22H,1,9-11H2,2-5H3/b18-8+. The molecule has 0 aromatic carbocycles. The van der Waals surface area contributed by atoms with Crippen LogP contribution in [0.4, 0.5) is 4.39 Å². The van der Waals surface area contributed by atoms with E-state index in [0.717, 1.165) is 17.4 Å². The Hall–Kier alpha value is -2.18. The second kappa shape index (κ2) is 10.7. The highest BCUT2D eigenvalue weighted by Gasteiger charge is 2.18. The Bertz CT molecular complexity index is 645. The minimum absolute atomic E-state index is 0.00618. The van der Waals surface area contributed by atoms with Gasteiger partial charge in [0.1, 0.15) is 11.9 Å². The number of carbonyl (C=O) groups excluding carboxylic acids is 2.